The van der Waals surface area contributed by atoms with Crippen LogP contribution in [0.15, 0.2) is 47.9 Å². The van der Waals surface area contributed by atoms with E-state index >= 15 is 0 Å². The quantitative estimate of drug-likeness (QED) is 0.495. The Morgan fingerprint density at radius 1 is 1.41 bits per heavy atom. The molecular weight excluding hydrogens is 218 g/mol. The summed E-state index contributed by atoms with van der Waals surface area (Å²) in [5, 5.41) is 16.2. The van der Waals surface area contributed by atoms with Gasteiger partial charge in [0.25, 0.3) is 0 Å². The van der Waals surface area contributed by atoms with Gasteiger partial charge in [-0.1, -0.05) is 17.3 Å². The summed E-state index contributed by atoms with van der Waals surface area (Å²) in [5.74, 6) is 0. The molecule has 0 fully saturated rings. The molecule has 0 saturated carbocycles. The van der Waals surface area contributed by atoms with Crippen molar-refractivity contribution in [2.45, 2.75) is 0 Å². The van der Waals surface area contributed by atoms with Crippen molar-refractivity contribution in [3.8, 4) is 5.69 Å². The van der Waals surface area contributed by atoms with Gasteiger partial charge in [-0.15, -0.1) is 0 Å². The zero-order valence-corrected chi connectivity index (χ0v) is 9.45. The maximum absolute atomic E-state index is 8.85. The molecule has 2 rings (SSSR count). The first-order chi connectivity index (χ1) is 8.35. The van der Waals surface area contributed by atoms with Gasteiger partial charge in [-0.25, -0.2) is 4.68 Å². The highest BCUT2D eigenvalue weighted by atomic mass is 16.5. The maximum Gasteiger partial charge on any atom is 0.112 e. The SMILES string of the molecule is COC/C(=N\O)c1ccc(-n2cccn2)cc1. The fourth-order valence-corrected chi connectivity index (χ4v) is 1.53. The molecule has 0 amide bonds. The predicted octanol–water partition coefficient (Wildman–Crippen LogP) is 1.70. The second kappa shape index (κ2) is 5.27. The standard InChI is InChI=1S/C12H13N3O2/c1-17-9-12(14-16)10-3-5-11(6-4-10)15-8-2-7-13-15/h2-8,16H,9H2,1H3/b14-12+. The minimum absolute atomic E-state index is 0.275. The van der Waals surface area contributed by atoms with Crippen LogP contribution in [0.25, 0.3) is 5.69 Å². The Hall–Kier alpha value is -2.14. The summed E-state index contributed by atoms with van der Waals surface area (Å²) in [6, 6.07) is 9.40. The van der Waals surface area contributed by atoms with E-state index < -0.39 is 0 Å². The highest BCUT2D eigenvalue weighted by Gasteiger charge is 2.04. The molecule has 1 heterocycles. The van der Waals surface area contributed by atoms with E-state index in [2.05, 4.69) is 10.3 Å². The van der Waals surface area contributed by atoms with Crippen LogP contribution < -0.4 is 0 Å². The topological polar surface area (TPSA) is 59.6 Å². The Bertz CT molecular complexity index is 489. The third-order valence-electron chi connectivity index (χ3n) is 2.37. The molecule has 1 aromatic heterocycles. The molecule has 0 saturated heterocycles. The number of ether oxygens (including phenoxy) is 1. The molecule has 0 atom stereocenters. The van der Waals surface area contributed by atoms with E-state index in [-0.39, 0.29) is 6.61 Å². The molecule has 0 radical (unpaired) electrons. The van der Waals surface area contributed by atoms with Crippen molar-refractivity contribution in [3.63, 3.8) is 0 Å². The fraction of sp³-hybridized carbons (Fsp3) is 0.167. The van der Waals surface area contributed by atoms with Crippen molar-refractivity contribution in [3.05, 3.63) is 48.3 Å². The van der Waals surface area contributed by atoms with E-state index in [1.807, 2.05) is 36.5 Å². The molecule has 5 heteroatoms. The molecule has 88 valence electrons. The van der Waals surface area contributed by atoms with E-state index in [1.165, 1.54) is 0 Å². The van der Waals surface area contributed by atoms with Crippen LogP contribution in [0.3, 0.4) is 0 Å². The van der Waals surface area contributed by atoms with Gasteiger partial charge >= 0.3 is 0 Å². The lowest BCUT2D eigenvalue weighted by Crippen LogP contribution is -2.09. The molecule has 0 spiro atoms. The van der Waals surface area contributed by atoms with Crippen molar-refractivity contribution >= 4 is 5.71 Å². The number of hydrogen-bond donors (Lipinski definition) is 1. The number of methoxy groups -OCH3 is 1. The third-order valence-corrected chi connectivity index (χ3v) is 2.37. The zero-order chi connectivity index (χ0) is 12.1. The zero-order valence-electron chi connectivity index (χ0n) is 9.45. The molecule has 17 heavy (non-hydrogen) atoms. The van der Waals surface area contributed by atoms with Crippen molar-refractivity contribution in [1.82, 2.24) is 9.78 Å². The molecule has 5 nitrogen and oxygen atoms in total. The van der Waals surface area contributed by atoms with Crippen molar-refractivity contribution < 1.29 is 9.94 Å². The Morgan fingerprint density at radius 2 is 2.18 bits per heavy atom. The Kier molecular flexibility index (Phi) is 3.52. The van der Waals surface area contributed by atoms with Crippen LogP contribution in [-0.2, 0) is 4.74 Å². The van der Waals surface area contributed by atoms with Gasteiger partial charge in [-0.3, -0.25) is 0 Å². The second-order valence-corrected chi connectivity index (χ2v) is 3.48. The number of oxime groups is 1. The van der Waals surface area contributed by atoms with Gasteiger partial charge in [-0.2, -0.15) is 5.10 Å². The van der Waals surface area contributed by atoms with Crippen molar-refractivity contribution in [2.75, 3.05) is 13.7 Å². The van der Waals surface area contributed by atoms with Crippen LogP contribution in [-0.4, -0.2) is 34.4 Å². The smallest absolute Gasteiger partial charge is 0.112 e. The van der Waals surface area contributed by atoms with Crippen LogP contribution in [0, 0.1) is 0 Å². The highest BCUT2D eigenvalue weighted by molar-refractivity contribution is 6.01. The first-order valence-corrected chi connectivity index (χ1v) is 5.15. The monoisotopic (exact) mass is 231 g/mol. The average Bonchev–Trinajstić information content (AvgIpc) is 2.90. The van der Waals surface area contributed by atoms with Gasteiger partial charge in [0, 0.05) is 25.1 Å². The summed E-state index contributed by atoms with van der Waals surface area (Å²) >= 11 is 0. The molecule has 0 aliphatic carbocycles. The maximum atomic E-state index is 8.85. The van der Waals surface area contributed by atoms with Crippen LogP contribution in [0.4, 0.5) is 0 Å². The highest BCUT2D eigenvalue weighted by Crippen LogP contribution is 2.09. The summed E-state index contributed by atoms with van der Waals surface area (Å²) in [7, 11) is 1.56. The Morgan fingerprint density at radius 3 is 2.71 bits per heavy atom. The second-order valence-electron chi connectivity index (χ2n) is 3.48. The molecule has 0 bridgehead atoms. The van der Waals surface area contributed by atoms with Crippen molar-refractivity contribution in [2.24, 2.45) is 5.16 Å². The lowest BCUT2D eigenvalue weighted by atomic mass is 10.1. The van der Waals surface area contributed by atoms with Crippen LogP contribution in [0.5, 0.6) is 0 Å². The van der Waals surface area contributed by atoms with Crippen LogP contribution >= 0.6 is 0 Å². The van der Waals surface area contributed by atoms with E-state index in [0.29, 0.717) is 5.71 Å². The molecule has 0 aliphatic heterocycles. The normalized spacial score (nSPS) is 11.7. The van der Waals surface area contributed by atoms with Crippen LogP contribution in [0.2, 0.25) is 0 Å². The molecule has 1 N–H and O–H groups in total. The lowest BCUT2D eigenvalue weighted by molar-refractivity contribution is 0.238. The van der Waals surface area contributed by atoms with E-state index in [1.54, 1.807) is 18.0 Å². The van der Waals surface area contributed by atoms with Gasteiger partial charge in [0.05, 0.1) is 12.3 Å². The van der Waals surface area contributed by atoms with Crippen molar-refractivity contribution in [1.29, 1.82) is 0 Å². The van der Waals surface area contributed by atoms with Gasteiger partial charge in [0.15, 0.2) is 0 Å². The van der Waals surface area contributed by atoms with Crippen LogP contribution in [0.1, 0.15) is 5.56 Å². The molecular formula is C12H13N3O2. The summed E-state index contributed by atoms with van der Waals surface area (Å²) in [5.41, 5.74) is 2.28. The Balaban J connectivity index is 2.24. The van der Waals surface area contributed by atoms with Gasteiger partial charge < -0.3 is 9.94 Å². The summed E-state index contributed by atoms with van der Waals surface area (Å²) in [6.45, 7) is 0.275. The fourth-order valence-electron chi connectivity index (χ4n) is 1.53. The number of rotatable bonds is 4. The lowest BCUT2D eigenvalue weighted by Gasteiger charge is -2.05. The van der Waals surface area contributed by atoms with E-state index in [4.69, 9.17) is 9.94 Å². The van der Waals surface area contributed by atoms with Gasteiger partial charge in [-0.05, 0) is 18.2 Å². The summed E-state index contributed by atoms with van der Waals surface area (Å²) < 4.78 is 6.70. The average molecular weight is 231 g/mol. The number of benzene rings is 1. The Labute approximate surface area is 98.9 Å². The largest absolute Gasteiger partial charge is 0.411 e. The molecule has 1 aromatic carbocycles. The van der Waals surface area contributed by atoms with E-state index in [9.17, 15) is 0 Å². The minimum Gasteiger partial charge on any atom is -0.411 e. The third kappa shape index (κ3) is 2.51. The summed E-state index contributed by atoms with van der Waals surface area (Å²) in [6.07, 6.45) is 3.59. The number of nitrogens with zero attached hydrogens (tertiary/aromatic N) is 3. The van der Waals surface area contributed by atoms with Gasteiger partial charge in [0.1, 0.15) is 5.71 Å². The van der Waals surface area contributed by atoms with E-state index in [0.717, 1.165) is 11.3 Å². The number of hydrogen-bond acceptors (Lipinski definition) is 4. The first kappa shape index (κ1) is 11.3. The summed E-state index contributed by atoms with van der Waals surface area (Å²) in [4.78, 5) is 0. The first-order valence-electron chi connectivity index (χ1n) is 5.15. The number of aromatic nitrogens is 2. The minimum atomic E-state index is 0.275. The van der Waals surface area contributed by atoms with Gasteiger partial charge in [0.2, 0.25) is 0 Å². The molecule has 0 aliphatic rings. The predicted molar refractivity (Wildman–Crippen MR) is 63.8 cm³/mol. The molecule has 2 aromatic rings. The molecule has 0 unspecified atom stereocenters.